The number of ether oxygens (including phenoxy) is 2. The van der Waals surface area contributed by atoms with E-state index in [1.165, 1.54) is 32.1 Å². The molecule has 1 aliphatic rings. The fourth-order valence-electron chi connectivity index (χ4n) is 2.70. The van der Waals surface area contributed by atoms with Gasteiger partial charge in [0.05, 0.1) is 19.8 Å². The Hall–Kier alpha value is -1.06. The molecule has 0 spiro atoms. The predicted molar refractivity (Wildman–Crippen MR) is 82.1 cm³/mol. The molecule has 0 aliphatic heterocycles. The van der Waals surface area contributed by atoms with E-state index in [1.807, 2.05) is 18.2 Å². The van der Waals surface area contributed by atoms with Crippen molar-refractivity contribution in [3.63, 3.8) is 0 Å². The number of benzene rings is 1. The van der Waals surface area contributed by atoms with Gasteiger partial charge >= 0.3 is 0 Å². The van der Waals surface area contributed by atoms with E-state index in [-0.39, 0.29) is 6.10 Å². The Bertz CT molecular complexity index is 388. The molecule has 1 N–H and O–H groups in total. The van der Waals surface area contributed by atoms with Gasteiger partial charge in [-0.1, -0.05) is 31.4 Å². The lowest BCUT2D eigenvalue weighted by Gasteiger charge is -2.24. The summed E-state index contributed by atoms with van der Waals surface area (Å²) in [7, 11) is 1.69. The second-order valence-corrected chi connectivity index (χ2v) is 5.72. The highest BCUT2D eigenvalue weighted by atomic mass is 16.5. The third-order valence-corrected chi connectivity index (χ3v) is 3.97. The van der Waals surface area contributed by atoms with E-state index in [1.54, 1.807) is 7.11 Å². The Morgan fingerprint density at radius 1 is 1.25 bits per heavy atom. The van der Waals surface area contributed by atoms with E-state index < -0.39 is 0 Å². The van der Waals surface area contributed by atoms with Gasteiger partial charge in [-0.25, -0.2) is 0 Å². The highest BCUT2D eigenvalue weighted by molar-refractivity contribution is 5.27. The lowest BCUT2D eigenvalue weighted by atomic mass is 9.95. The van der Waals surface area contributed by atoms with Gasteiger partial charge in [-0.2, -0.15) is 0 Å². The maximum absolute atomic E-state index is 5.90. The Morgan fingerprint density at radius 2 is 2.05 bits per heavy atom. The predicted octanol–water partition coefficient (Wildman–Crippen LogP) is 3.52. The van der Waals surface area contributed by atoms with Crippen molar-refractivity contribution in [2.45, 2.75) is 57.8 Å². The Balaban J connectivity index is 1.67. The summed E-state index contributed by atoms with van der Waals surface area (Å²) >= 11 is 0. The molecular formula is C17H27NO2. The fraction of sp³-hybridized carbons (Fsp3) is 0.647. The van der Waals surface area contributed by atoms with Crippen molar-refractivity contribution < 1.29 is 9.47 Å². The highest BCUT2D eigenvalue weighted by Crippen LogP contribution is 2.17. The van der Waals surface area contributed by atoms with E-state index in [2.05, 4.69) is 18.3 Å². The van der Waals surface area contributed by atoms with Gasteiger partial charge in [-0.15, -0.1) is 0 Å². The van der Waals surface area contributed by atoms with Crippen LogP contribution < -0.4 is 10.1 Å². The van der Waals surface area contributed by atoms with Crippen molar-refractivity contribution >= 4 is 0 Å². The van der Waals surface area contributed by atoms with Crippen molar-refractivity contribution in [3.8, 4) is 5.75 Å². The Labute approximate surface area is 122 Å². The largest absolute Gasteiger partial charge is 0.497 e. The summed E-state index contributed by atoms with van der Waals surface area (Å²) < 4.78 is 11.1. The average molecular weight is 277 g/mol. The van der Waals surface area contributed by atoms with Crippen molar-refractivity contribution in [1.82, 2.24) is 5.32 Å². The zero-order chi connectivity index (χ0) is 14.2. The van der Waals surface area contributed by atoms with Crippen LogP contribution in [-0.2, 0) is 11.3 Å². The van der Waals surface area contributed by atoms with Crippen molar-refractivity contribution in [2.75, 3.05) is 13.7 Å². The van der Waals surface area contributed by atoms with Crippen LogP contribution in [0.1, 0.15) is 44.6 Å². The minimum absolute atomic E-state index is 0.239. The van der Waals surface area contributed by atoms with Crippen LogP contribution in [0.5, 0.6) is 5.75 Å². The van der Waals surface area contributed by atoms with Crippen LogP contribution in [0.25, 0.3) is 0 Å². The topological polar surface area (TPSA) is 30.5 Å². The van der Waals surface area contributed by atoms with Gasteiger partial charge in [0.25, 0.3) is 0 Å². The van der Waals surface area contributed by atoms with Crippen LogP contribution in [0, 0.1) is 0 Å². The van der Waals surface area contributed by atoms with Crippen LogP contribution >= 0.6 is 0 Å². The molecule has 3 nitrogen and oxygen atoms in total. The summed E-state index contributed by atoms with van der Waals surface area (Å²) in [5.41, 5.74) is 1.16. The maximum atomic E-state index is 5.90. The number of hydrogen-bond acceptors (Lipinski definition) is 3. The molecule has 1 aromatic carbocycles. The second-order valence-electron chi connectivity index (χ2n) is 5.72. The molecule has 0 heterocycles. The summed E-state index contributed by atoms with van der Waals surface area (Å²) in [6, 6.07) is 8.76. The smallest absolute Gasteiger partial charge is 0.119 e. The lowest BCUT2D eigenvalue weighted by molar-refractivity contribution is 0.0503. The maximum Gasteiger partial charge on any atom is 0.119 e. The molecule has 1 atom stereocenters. The molecule has 1 fully saturated rings. The van der Waals surface area contributed by atoms with Gasteiger partial charge in [0.15, 0.2) is 0 Å². The number of hydrogen-bond donors (Lipinski definition) is 1. The second kappa shape index (κ2) is 8.28. The number of methoxy groups -OCH3 is 1. The molecule has 0 bridgehead atoms. The van der Waals surface area contributed by atoms with Gasteiger partial charge in [0.1, 0.15) is 5.75 Å². The summed E-state index contributed by atoms with van der Waals surface area (Å²) in [6.07, 6.45) is 7.03. The zero-order valence-electron chi connectivity index (χ0n) is 12.7. The molecule has 2 rings (SSSR count). The zero-order valence-corrected chi connectivity index (χ0v) is 12.7. The first-order chi connectivity index (χ1) is 9.78. The van der Waals surface area contributed by atoms with Gasteiger partial charge in [-0.05, 0) is 37.5 Å². The van der Waals surface area contributed by atoms with Crippen molar-refractivity contribution in [1.29, 1.82) is 0 Å². The molecule has 1 aromatic rings. The van der Waals surface area contributed by atoms with Gasteiger partial charge in [0, 0.05) is 12.6 Å². The first-order valence-corrected chi connectivity index (χ1v) is 7.76. The fourth-order valence-corrected chi connectivity index (χ4v) is 2.70. The first kappa shape index (κ1) is 15.3. The molecule has 1 aliphatic carbocycles. The lowest BCUT2D eigenvalue weighted by Crippen LogP contribution is -2.36. The Kier molecular flexibility index (Phi) is 6.34. The van der Waals surface area contributed by atoms with Gasteiger partial charge in [0.2, 0.25) is 0 Å². The molecule has 0 amide bonds. The van der Waals surface area contributed by atoms with E-state index >= 15 is 0 Å². The summed E-state index contributed by atoms with van der Waals surface area (Å²) in [5, 5.41) is 3.63. The van der Waals surface area contributed by atoms with Crippen LogP contribution in [0.2, 0.25) is 0 Å². The molecule has 3 heteroatoms. The van der Waals surface area contributed by atoms with Crippen LogP contribution in [-0.4, -0.2) is 25.8 Å². The summed E-state index contributed by atoms with van der Waals surface area (Å²) in [5.74, 6) is 0.888. The first-order valence-electron chi connectivity index (χ1n) is 7.76. The third kappa shape index (κ3) is 5.14. The highest BCUT2D eigenvalue weighted by Gasteiger charge is 2.13. The molecule has 0 radical (unpaired) electrons. The Morgan fingerprint density at radius 3 is 2.80 bits per heavy atom. The van der Waals surface area contributed by atoms with Crippen LogP contribution in [0.4, 0.5) is 0 Å². The average Bonchev–Trinajstić information content (AvgIpc) is 2.52. The van der Waals surface area contributed by atoms with E-state index in [4.69, 9.17) is 9.47 Å². The minimum atomic E-state index is 0.239. The monoisotopic (exact) mass is 277 g/mol. The number of nitrogens with one attached hydrogen (secondary N) is 1. The molecular weight excluding hydrogens is 250 g/mol. The quantitative estimate of drug-likeness (QED) is 0.827. The molecule has 1 unspecified atom stereocenters. The van der Waals surface area contributed by atoms with Crippen LogP contribution in [0.15, 0.2) is 24.3 Å². The molecule has 1 saturated carbocycles. The third-order valence-electron chi connectivity index (χ3n) is 3.97. The minimum Gasteiger partial charge on any atom is -0.497 e. The van der Waals surface area contributed by atoms with Crippen molar-refractivity contribution in [3.05, 3.63) is 29.8 Å². The van der Waals surface area contributed by atoms with E-state index in [9.17, 15) is 0 Å². The van der Waals surface area contributed by atoms with Gasteiger partial charge < -0.3 is 14.8 Å². The van der Waals surface area contributed by atoms with E-state index in [0.717, 1.165) is 17.9 Å². The molecule has 0 saturated heterocycles. The van der Waals surface area contributed by atoms with Gasteiger partial charge in [-0.3, -0.25) is 0 Å². The van der Waals surface area contributed by atoms with E-state index in [0.29, 0.717) is 12.6 Å². The molecule has 112 valence electrons. The van der Waals surface area contributed by atoms with Crippen LogP contribution in [0.3, 0.4) is 0 Å². The SMILES string of the molecule is COc1cccc(COC(C)CNC2CCCCC2)c1. The normalized spacial score (nSPS) is 17.9. The molecule has 20 heavy (non-hydrogen) atoms. The summed E-state index contributed by atoms with van der Waals surface area (Å²) in [4.78, 5) is 0. The van der Waals surface area contributed by atoms with Crippen molar-refractivity contribution in [2.24, 2.45) is 0 Å². The summed E-state index contributed by atoms with van der Waals surface area (Å²) in [6.45, 7) is 3.72. The number of rotatable bonds is 7. The molecule has 0 aromatic heterocycles. The standard InChI is InChI=1S/C17H27NO2/c1-14(12-18-16-8-4-3-5-9-16)20-13-15-7-6-10-17(11-15)19-2/h6-7,10-11,14,16,18H,3-5,8-9,12-13H2,1-2H3.